The lowest BCUT2D eigenvalue weighted by molar-refractivity contribution is 0.341. The fourth-order valence-corrected chi connectivity index (χ4v) is 6.90. The van der Waals surface area contributed by atoms with E-state index < -0.39 is 0 Å². The molecule has 1 aliphatic heterocycles. The van der Waals surface area contributed by atoms with Crippen LogP contribution in [0.3, 0.4) is 0 Å². The van der Waals surface area contributed by atoms with Crippen LogP contribution >= 0.6 is 0 Å². The van der Waals surface area contributed by atoms with Crippen molar-refractivity contribution in [2.24, 2.45) is 0 Å². The van der Waals surface area contributed by atoms with Gasteiger partial charge in [-0.3, -0.25) is 0 Å². The monoisotopic (exact) mass is 660 g/mol. The average Bonchev–Trinajstić information content (AvgIpc) is 3.19. The first kappa shape index (κ1) is 30.1. The van der Waals surface area contributed by atoms with E-state index in [4.69, 9.17) is 15.2 Å². The minimum absolute atomic E-state index is 0.0214. The van der Waals surface area contributed by atoms with Gasteiger partial charge >= 0.3 is 0 Å². The molecule has 1 aliphatic rings. The molecular weight excluding hydrogens is 629 g/mol. The summed E-state index contributed by atoms with van der Waals surface area (Å²) >= 11 is 0. The molecule has 51 heavy (non-hydrogen) atoms. The number of aromatic hydroxyl groups is 1. The SMILES string of the molecule is Nc1ccccc1-c1cccc2ccc3c(c12)Oc1c(O)ccc(N(c2ccc(-c4ccccc4)cc2)c2ccc(-c4ccccc4)cc2)c1O3. The molecule has 0 radical (unpaired) electrons. The number of hydrogen-bond acceptors (Lipinski definition) is 5. The Hall–Kier alpha value is -6.98. The number of hydrogen-bond donors (Lipinski definition) is 2. The van der Waals surface area contributed by atoms with Gasteiger partial charge in [0, 0.05) is 28.0 Å². The predicted molar refractivity (Wildman–Crippen MR) is 208 cm³/mol. The first-order valence-electron chi connectivity index (χ1n) is 16.9. The van der Waals surface area contributed by atoms with E-state index in [1.165, 1.54) is 0 Å². The predicted octanol–water partition coefficient (Wildman–Crippen LogP) is 12.5. The molecule has 0 fully saturated rings. The summed E-state index contributed by atoms with van der Waals surface area (Å²) in [5.41, 5.74) is 16.0. The van der Waals surface area contributed by atoms with Gasteiger partial charge in [0.1, 0.15) is 0 Å². The third-order valence-electron chi connectivity index (χ3n) is 9.41. The summed E-state index contributed by atoms with van der Waals surface area (Å²) in [5.74, 6) is 1.71. The van der Waals surface area contributed by atoms with Gasteiger partial charge < -0.3 is 25.2 Å². The second kappa shape index (κ2) is 12.5. The van der Waals surface area contributed by atoms with Gasteiger partial charge in [-0.1, -0.05) is 127 Å². The highest BCUT2D eigenvalue weighted by atomic mass is 16.6. The number of nitrogens with two attached hydrogens (primary N) is 1. The van der Waals surface area contributed by atoms with Crippen LogP contribution in [0.25, 0.3) is 44.2 Å². The highest BCUT2D eigenvalue weighted by Crippen LogP contribution is 2.58. The van der Waals surface area contributed by atoms with E-state index in [-0.39, 0.29) is 11.5 Å². The molecule has 1 heterocycles. The third-order valence-corrected chi connectivity index (χ3v) is 9.41. The Labute approximate surface area is 296 Å². The van der Waals surface area contributed by atoms with Gasteiger partial charge in [-0.05, 0) is 81.7 Å². The molecule has 0 atom stereocenters. The maximum atomic E-state index is 11.3. The number of nitrogens with zero attached hydrogens (tertiary/aromatic N) is 1. The Kier molecular flexibility index (Phi) is 7.37. The number of para-hydroxylation sites is 1. The van der Waals surface area contributed by atoms with Gasteiger partial charge in [0.25, 0.3) is 0 Å². The van der Waals surface area contributed by atoms with E-state index >= 15 is 0 Å². The third kappa shape index (κ3) is 5.38. The zero-order chi connectivity index (χ0) is 34.3. The zero-order valence-corrected chi connectivity index (χ0v) is 27.5. The second-order valence-electron chi connectivity index (χ2n) is 12.5. The van der Waals surface area contributed by atoms with E-state index in [0.717, 1.165) is 55.5 Å². The summed E-state index contributed by atoms with van der Waals surface area (Å²) in [6.07, 6.45) is 0. The number of rotatable bonds is 6. The minimum atomic E-state index is -0.0214. The quantitative estimate of drug-likeness (QED) is 0.174. The normalized spacial score (nSPS) is 11.6. The Morgan fingerprint density at radius 1 is 0.431 bits per heavy atom. The van der Waals surface area contributed by atoms with E-state index in [1.807, 2.05) is 97.1 Å². The Morgan fingerprint density at radius 2 is 1.00 bits per heavy atom. The molecule has 0 spiro atoms. The van der Waals surface area contributed by atoms with Crippen LogP contribution in [0.2, 0.25) is 0 Å². The second-order valence-corrected chi connectivity index (χ2v) is 12.5. The lowest BCUT2D eigenvalue weighted by Gasteiger charge is -2.31. The smallest absolute Gasteiger partial charge is 0.213 e. The van der Waals surface area contributed by atoms with Gasteiger partial charge in [-0.15, -0.1) is 0 Å². The van der Waals surface area contributed by atoms with Crippen LogP contribution < -0.4 is 20.1 Å². The number of ether oxygens (including phenoxy) is 2. The van der Waals surface area contributed by atoms with E-state index in [1.54, 1.807) is 6.07 Å². The van der Waals surface area contributed by atoms with Crippen LogP contribution in [0.15, 0.2) is 176 Å². The van der Waals surface area contributed by atoms with Crippen molar-refractivity contribution in [1.82, 2.24) is 0 Å². The van der Waals surface area contributed by atoms with Gasteiger partial charge in [-0.25, -0.2) is 0 Å². The maximum absolute atomic E-state index is 11.3. The van der Waals surface area contributed by atoms with Crippen LogP contribution in [-0.2, 0) is 0 Å². The molecule has 5 nitrogen and oxygen atoms in total. The summed E-state index contributed by atoms with van der Waals surface area (Å²) in [4.78, 5) is 2.13. The summed E-state index contributed by atoms with van der Waals surface area (Å²) in [5, 5.41) is 13.1. The standard InChI is InChI=1S/C46H32N2O3/c47-39-17-8-7-15-37(39)38-16-9-14-34-22-29-42-46(43(34)38)51-45-41(49)28-27-40(44(45)50-42)48(35-23-18-32(19-24-35)30-10-3-1-4-11-30)36-25-20-33(21-26-36)31-12-5-2-6-13-31/h1-29,49H,47H2. The Morgan fingerprint density at radius 3 is 1.63 bits per heavy atom. The van der Waals surface area contributed by atoms with Gasteiger partial charge in [0.2, 0.25) is 5.75 Å². The van der Waals surface area contributed by atoms with Crippen molar-refractivity contribution < 1.29 is 14.6 Å². The molecule has 3 N–H and O–H groups in total. The van der Waals surface area contributed by atoms with Gasteiger partial charge in [0.05, 0.1) is 5.69 Å². The molecule has 9 rings (SSSR count). The number of benzene rings is 8. The molecule has 0 aliphatic carbocycles. The molecular formula is C46H32N2O3. The molecule has 0 aromatic heterocycles. The molecule has 0 bridgehead atoms. The van der Waals surface area contributed by atoms with Crippen molar-refractivity contribution in [3.8, 4) is 62.1 Å². The summed E-state index contributed by atoms with van der Waals surface area (Å²) in [6.45, 7) is 0. The number of nitrogen functional groups attached to an aromatic ring is 1. The Bertz CT molecular complexity index is 2450. The van der Waals surface area contributed by atoms with Gasteiger partial charge in [-0.2, -0.15) is 0 Å². The number of phenols is 1. The Balaban J connectivity index is 1.19. The van der Waals surface area contributed by atoms with Crippen LogP contribution in [0.5, 0.6) is 28.7 Å². The summed E-state index contributed by atoms with van der Waals surface area (Å²) in [7, 11) is 0. The van der Waals surface area contributed by atoms with Gasteiger partial charge in [0.15, 0.2) is 23.0 Å². The topological polar surface area (TPSA) is 68.0 Å². The first-order valence-corrected chi connectivity index (χ1v) is 16.9. The fraction of sp³-hybridized carbons (Fsp3) is 0. The molecule has 0 saturated carbocycles. The van der Waals surface area contributed by atoms with Crippen molar-refractivity contribution in [2.45, 2.75) is 0 Å². The molecule has 0 amide bonds. The van der Waals surface area contributed by atoms with Crippen LogP contribution in [-0.4, -0.2) is 5.11 Å². The highest BCUT2D eigenvalue weighted by molar-refractivity contribution is 6.05. The lowest BCUT2D eigenvalue weighted by atomic mass is 9.96. The number of fused-ring (bicyclic) bond motifs is 4. The number of phenolic OH excluding ortho intramolecular Hbond substituents is 1. The van der Waals surface area contributed by atoms with Crippen molar-refractivity contribution in [1.29, 1.82) is 0 Å². The fourth-order valence-electron chi connectivity index (χ4n) is 6.90. The van der Waals surface area contributed by atoms with Crippen LogP contribution in [0.4, 0.5) is 22.7 Å². The van der Waals surface area contributed by atoms with E-state index in [9.17, 15) is 5.11 Å². The first-order chi connectivity index (χ1) is 25.1. The van der Waals surface area contributed by atoms with E-state index in [2.05, 4.69) is 77.7 Å². The molecule has 8 aromatic rings. The minimum Gasteiger partial charge on any atom is -0.504 e. The molecule has 244 valence electrons. The largest absolute Gasteiger partial charge is 0.504 e. The van der Waals surface area contributed by atoms with Crippen molar-refractivity contribution in [3.05, 3.63) is 176 Å². The van der Waals surface area contributed by atoms with Crippen molar-refractivity contribution in [2.75, 3.05) is 10.6 Å². The van der Waals surface area contributed by atoms with Crippen LogP contribution in [0, 0.1) is 0 Å². The molecule has 8 aromatic carbocycles. The zero-order valence-electron chi connectivity index (χ0n) is 27.5. The molecule has 0 saturated heterocycles. The maximum Gasteiger partial charge on any atom is 0.213 e. The lowest BCUT2D eigenvalue weighted by Crippen LogP contribution is -2.13. The van der Waals surface area contributed by atoms with E-state index in [0.29, 0.717) is 28.6 Å². The molecule has 5 heteroatoms. The molecule has 0 unspecified atom stereocenters. The average molecular weight is 661 g/mol. The summed E-state index contributed by atoms with van der Waals surface area (Å²) in [6, 6.07) is 58.9. The number of anilines is 4. The van der Waals surface area contributed by atoms with Crippen LogP contribution in [0.1, 0.15) is 0 Å². The van der Waals surface area contributed by atoms with Crippen molar-refractivity contribution in [3.63, 3.8) is 0 Å². The highest BCUT2D eigenvalue weighted by Gasteiger charge is 2.31. The summed E-state index contributed by atoms with van der Waals surface area (Å²) < 4.78 is 13.5. The van der Waals surface area contributed by atoms with Crippen molar-refractivity contribution >= 4 is 33.5 Å².